The van der Waals surface area contributed by atoms with Gasteiger partial charge in [-0.2, -0.15) is 0 Å². The first kappa shape index (κ1) is 22.2. The van der Waals surface area contributed by atoms with Gasteiger partial charge in [0, 0.05) is 23.0 Å². The number of benzene rings is 3. The number of fused-ring (bicyclic) bond motifs is 4. The van der Waals surface area contributed by atoms with Gasteiger partial charge in [0.15, 0.2) is 4.77 Å². The Morgan fingerprint density at radius 3 is 2.58 bits per heavy atom. The largest absolute Gasteiger partial charge is 0.497 e. The molecule has 6 rings (SSSR count). The lowest BCUT2D eigenvalue weighted by Crippen LogP contribution is -2.21. The Morgan fingerprint density at radius 2 is 1.83 bits per heavy atom. The Hall–Kier alpha value is -4.30. The number of aromatic amines is 1. The summed E-state index contributed by atoms with van der Waals surface area (Å²) in [4.78, 5) is 15.8. The van der Waals surface area contributed by atoms with Crippen molar-refractivity contribution in [2.24, 2.45) is 0 Å². The highest BCUT2D eigenvalue weighted by atomic mass is 32.1. The van der Waals surface area contributed by atoms with Crippen LogP contribution in [0, 0.1) is 4.77 Å². The molecule has 0 fully saturated rings. The van der Waals surface area contributed by atoms with Gasteiger partial charge in [-0.05, 0) is 59.7 Å². The number of para-hydroxylation sites is 1. The first-order chi connectivity index (χ1) is 17.5. The standard InChI is InChI=1S/C28H23N3O4S/c1-34-19-12-10-16(11-13-19)25-24-21(20-8-3-4-9-22(20)29-24)15-23-26(32)30(28(36)31(23)25)18-7-5-6-17(14-18)27(33)35-2/h3-14,25,29,32H,15H2,1-2H3. The van der Waals surface area contributed by atoms with E-state index in [1.807, 2.05) is 47.0 Å². The first-order valence-electron chi connectivity index (χ1n) is 11.5. The zero-order valence-electron chi connectivity index (χ0n) is 19.7. The van der Waals surface area contributed by atoms with E-state index in [1.165, 1.54) is 7.11 Å². The summed E-state index contributed by atoms with van der Waals surface area (Å²) in [6, 6.07) is 22.7. The predicted molar refractivity (Wildman–Crippen MR) is 139 cm³/mol. The molecule has 8 heteroatoms. The summed E-state index contributed by atoms with van der Waals surface area (Å²) >= 11 is 5.97. The van der Waals surface area contributed by atoms with Crippen molar-refractivity contribution in [3.05, 3.63) is 106 Å². The lowest BCUT2D eigenvalue weighted by atomic mass is 9.93. The summed E-state index contributed by atoms with van der Waals surface area (Å²) in [5, 5.41) is 12.6. The number of esters is 1. The molecule has 0 bridgehead atoms. The Labute approximate surface area is 212 Å². The first-order valence-corrected chi connectivity index (χ1v) is 11.9. The molecule has 0 spiro atoms. The highest BCUT2D eigenvalue weighted by Gasteiger charge is 2.34. The number of imidazole rings is 1. The van der Waals surface area contributed by atoms with Crippen molar-refractivity contribution in [1.29, 1.82) is 0 Å². The normalized spacial score (nSPS) is 14.3. The molecule has 1 aliphatic rings. The van der Waals surface area contributed by atoms with Crippen molar-refractivity contribution >= 4 is 29.1 Å². The number of ether oxygens (including phenoxy) is 2. The number of aromatic nitrogens is 3. The fraction of sp³-hybridized carbons (Fsp3) is 0.143. The molecule has 0 amide bonds. The SMILES string of the molecule is COC(=O)c1cccc(-n2c(O)c3n(c2=S)C(c2ccc(OC)cc2)c2[nH]c4ccccc4c2C3)c1. The van der Waals surface area contributed by atoms with Crippen molar-refractivity contribution in [2.75, 3.05) is 14.2 Å². The van der Waals surface area contributed by atoms with Gasteiger partial charge in [-0.25, -0.2) is 4.79 Å². The van der Waals surface area contributed by atoms with Gasteiger partial charge < -0.3 is 24.1 Å². The molecule has 180 valence electrons. The van der Waals surface area contributed by atoms with Crippen LogP contribution in [0.2, 0.25) is 0 Å². The number of methoxy groups -OCH3 is 2. The van der Waals surface area contributed by atoms with Crippen molar-refractivity contribution in [3.63, 3.8) is 0 Å². The van der Waals surface area contributed by atoms with Crippen molar-refractivity contribution in [1.82, 2.24) is 14.1 Å². The molecular weight excluding hydrogens is 474 g/mol. The molecule has 2 aromatic heterocycles. The molecule has 0 aliphatic carbocycles. The zero-order valence-corrected chi connectivity index (χ0v) is 20.5. The van der Waals surface area contributed by atoms with Crippen LogP contribution in [0.1, 0.15) is 38.9 Å². The second-order valence-corrected chi connectivity index (χ2v) is 9.08. The van der Waals surface area contributed by atoms with Gasteiger partial charge in [0.05, 0.1) is 31.2 Å². The molecule has 0 saturated carbocycles. The summed E-state index contributed by atoms with van der Waals surface area (Å²) in [6.45, 7) is 0. The van der Waals surface area contributed by atoms with E-state index < -0.39 is 5.97 Å². The average Bonchev–Trinajstić information content (AvgIpc) is 3.41. The number of hydrogen-bond acceptors (Lipinski definition) is 5. The third-order valence-corrected chi connectivity index (χ3v) is 7.22. The van der Waals surface area contributed by atoms with Gasteiger partial charge in [0.1, 0.15) is 11.8 Å². The Kier molecular flexibility index (Phi) is 5.19. The van der Waals surface area contributed by atoms with Crippen molar-refractivity contribution < 1.29 is 19.4 Å². The van der Waals surface area contributed by atoms with Crippen LogP contribution in [0.4, 0.5) is 0 Å². The molecule has 36 heavy (non-hydrogen) atoms. The molecule has 7 nitrogen and oxygen atoms in total. The second-order valence-electron chi connectivity index (χ2n) is 8.72. The molecule has 1 aliphatic heterocycles. The van der Waals surface area contributed by atoms with E-state index in [4.69, 9.17) is 21.7 Å². The number of carbonyl (C=O) groups is 1. The Balaban J connectivity index is 1.61. The zero-order chi connectivity index (χ0) is 25.0. The van der Waals surface area contributed by atoms with E-state index in [1.54, 1.807) is 29.9 Å². The molecule has 1 unspecified atom stereocenters. The van der Waals surface area contributed by atoms with E-state index >= 15 is 0 Å². The van der Waals surface area contributed by atoms with Gasteiger partial charge in [0.2, 0.25) is 5.88 Å². The minimum Gasteiger partial charge on any atom is -0.497 e. The summed E-state index contributed by atoms with van der Waals surface area (Å²) in [5.74, 6) is 0.358. The molecule has 0 radical (unpaired) electrons. The molecule has 1 atom stereocenters. The quantitative estimate of drug-likeness (QED) is 0.247. The fourth-order valence-electron chi connectivity index (χ4n) is 5.15. The van der Waals surface area contributed by atoms with Crippen LogP contribution in [-0.4, -0.2) is 39.4 Å². The van der Waals surface area contributed by atoms with Crippen molar-refractivity contribution in [3.8, 4) is 17.3 Å². The Bertz CT molecular complexity index is 1690. The summed E-state index contributed by atoms with van der Waals surface area (Å²) in [6.07, 6.45) is 0.505. The number of aromatic hydroxyl groups is 1. The fourth-order valence-corrected chi connectivity index (χ4v) is 5.55. The van der Waals surface area contributed by atoms with Crippen LogP contribution in [0.25, 0.3) is 16.6 Å². The second kappa shape index (κ2) is 8.42. The molecule has 2 N–H and O–H groups in total. The van der Waals surface area contributed by atoms with Gasteiger partial charge >= 0.3 is 5.97 Å². The van der Waals surface area contributed by atoms with Gasteiger partial charge in [-0.15, -0.1) is 0 Å². The molecule has 3 aromatic carbocycles. The number of nitrogens with zero attached hydrogens (tertiary/aromatic N) is 2. The highest BCUT2D eigenvalue weighted by molar-refractivity contribution is 7.71. The molecule has 3 heterocycles. The molecule has 0 saturated heterocycles. The van der Waals surface area contributed by atoms with Crippen LogP contribution in [0.5, 0.6) is 11.6 Å². The third-order valence-electron chi connectivity index (χ3n) is 6.84. The Morgan fingerprint density at radius 1 is 1.06 bits per heavy atom. The van der Waals surface area contributed by atoms with Gasteiger partial charge in [-0.1, -0.05) is 36.4 Å². The third kappa shape index (κ3) is 3.25. The van der Waals surface area contributed by atoms with Gasteiger partial charge in [0.25, 0.3) is 0 Å². The van der Waals surface area contributed by atoms with E-state index in [0.29, 0.717) is 28.1 Å². The van der Waals surface area contributed by atoms with Crippen LogP contribution in [-0.2, 0) is 11.2 Å². The summed E-state index contributed by atoms with van der Waals surface area (Å²) in [7, 11) is 2.98. The lowest BCUT2D eigenvalue weighted by Gasteiger charge is -2.26. The smallest absolute Gasteiger partial charge is 0.337 e. The van der Waals surface area contributed by atoms with Crippen molar-refractivity contribution in [2.45, 2.75) is 12.5 Å². The minimum atomic E-state index is -0.454. The number of hydrogen-bond donors (Lipinski definition) is 2. The number of rotatable bonds is 4. The maximum atomic E-state index is 12.1. The van der Waals surface area contributed by atoms with Crippen LogP contribution in [0.15, 0.2) is 72.8 Å². The number of H-pyrrole nitrogens is 1. The molecular formula is C28H23N3O4S. The summed E-state index contributed by atoms with van der Waals surface area (Å²) in [5.41, 5.74) is 5.87. The number of carbonyl (C=O) groups excluding carboxylic acids is 1. The van der Waals surface area contributed by atoms with E-state index in [9.17, 15) is 9.90 Å². The van der Waals surface area contributed by atoms with E-state index in [0.717, 1.165) is 33.5 Å². The lowest BCUT2D eigenvalue weighted by molar-refractivity contribution is 0.0600. The summed E-state index contributed by atoms with van der Waals surface area (Å²) < 4.78 is 14.3. The maximum Gasteiger partial charge on any atom is 0.337 e. The highest BCUT2D eigenvalue weighted by Crippen LogP contribution is 2.43. The predicted octanol–water partition coefficient (Wildman–Crippen LogP) is 5.53. The maximum absolute atomic E-state index is 12.1. The van der Waals surface area contributed by atoms with Crippen LogP contribution >= 0.6 is 12.2 Å². The van der Waals surface area contributed by atoms with Crippen LogP contribution in [0.3, 0.4) is 0 Å². The van der Waals surface area contributed by atoms with Gasteiger partial charge in [-0.3, -0.25) is 4.57 Å². The van der Waals surface area contributed by atoms with Crippen LogP contribution < -0.4 is 4.74 Å². The molecule has 5 aromatic rings. The van der Waals surface area contributed by atoms with E-state index in [-0.39, 0.29) is 11.9 Å². The minimum absolute atomic E-state index is 0.0523. The average molecular weight is 498 g/mol. The van der Waals surface area contributed by atoms with E-state index in [2.05, 4.69) is 17.1 Å². The monoisotopic (exact) mass is 497 g/mol. The number of nitrogens with one attached hydrogen (secondary N) is 1. The topological polar surface area (TPSA) is 81.4 Å².